The molecule has 5 heteroatoms. The molecule has 0 N–H and O–H groups in total. The molecule has 0 aliphatic rings. The average molecular weight is 221 g/mol. The second-order valence-corrected chi connectivity index (χ2v) is 4.57. The number of carbonyl (C=O) groups excluding carboxylic acids is 1. The van der Waals surface area contributed by atoms with E-state index in [1.54, 1.807) is 17.1 Å². The van der Waals surface area contributed by atoms with E-state index in [1.807, 2.05) is 20.9 Å². The molecule has 0 fully saturated rings. The predicted molar refractivity (Wildman–Crippen MR) is 58.2 cm³/mol. The lowest BCUT2D eigenvalue weighted by Gasteiger charge is -1.98. The summed E-state index contributed by atoms with van der Waals surface area (Å²) in [6.07, 6.45) is 3.20. The Morgan fingerprint density at radius 1 is 1.47 bits per heavy atom. The van der Waals surface area contributed by atoms with Gasteiger partial charge in [-0.25, -0.2) is 9.97 Å². The van der Waals surface area contributed by atoms with Crippen molar-refractivity contribution in [1.29, 1.82) is 0 Å². The Morgan fingerprint density at radius 2 is 2.20 bits per heavy atom. The highest BCUT2D eigenvalue weighted by molar-refractivity contribution is 7.13. The molecule has 0 saturated heterocycles. The van der Waals surface area contributed by atoms with Gasteiger partial charge in [0.05, 0.1) is 28.1 Å². The Bertz CT molecular complexity index is 512. The minimum atomic E-state index is -0.00176. The second kappa shape index (κ2) is 3.58. The summed E-state index contributed by atoms with van der Waals surface area (Å²) in [5.74, 6) is -0.00176. The van der Waals surface area contributed by atoms with E-state index in [0.717, 1.165) is 10.7 Å². The first-order chi connectivity index (χ1) is 7.09. The van der Waals surface area contributed by atoms with Crippen LogP contribution in [0.25, 0.3) is 0 Å². The highest BCUT2D eigenvalue weighted by Crippen LogP contribution is 2.20. The zero-order valence-corrected chi connectivity index (χ0v) is 9.63. The number of aromatic nitrogens is 3. The van der Waals surface area contributed by atoms with Gasteiger partial charge in [-0.3, -0.25) is 4.79 Å². The summed E-state index contributed by atoms with van der Waals surface area (Å²) in [6, 6.07) is 0. The number of ketones is 1. The van der Waals surface area contributed by atoms with Crippen LogP contribution in [0.1, 0.15) is 26.1 Å². The molecule has 15 heavy (non-hydrogen) atoms. The monoisotopic (exact) mass is 221 g/mol. The molecule has 2 aromatic rings. The fourth-order valence-corrected chi connectivity index (χ4v) is 2.30. The predicted octanol–water partition coefficient (Wildman–Crippen LogP) is 1.72. The van der Waals surface area contributed by atoms with Gasteiger partial charge in [-0.05, 0) is 13.8 Å². The van der Waals surface area contributed by atoms with E-state index in [-0.39, 0.29) is 5.78 Å². The van der Waals surface area contributed by atoms with Crippen LogP contribution in [-0.2, 0) is 7.05 Å². The van der Waals surface area contributed by atoms with Gasteiger partial charge in [0.1, 0.15) is 5.69 Å². The molecule has 4 nitrogen and oxygen atoms in total. The average Bonchev–Trinajstić information content (AvgIpc) is 2.71. The molecular weight excluding hydrogens is 210 g/mol. The van der Waals surface area contributed by atoms with Crippen molar-refractivity contribution in [2.24, 2.45) is 7.05 Å². The van der Waals surface area contributed by atoms with Crippen molar-refractivity contribution in [3.8, 4) is 0 Å². The summed E-state index contributed by atoms with van der Waals surface area (Å²) in [5.41, 5.74) is 1.39. The zero-order chi connectivity index (χ0) is 11.0. The van der Waals surface area contributed by atoms with Crippen LogP contribution in [0.4, 0.5) is 0 Å². The fraction of sp³-hybridized carbons (Fsp3) is 0.300. The number of rotatable bonds is 2. The summed E-state index contributed by atoms with van der Waals surface area (Å²) < 4.78 is 1.72. The van der Waals surface area contributed by atoms with Gasteiger partial charge in [0.15, 0.2) is 0 Å². The highest BCUT2D eigenvalue weighted by atomic mass is 32.1. The lowest BCUT2D eigenvalue weighted by molar-refractivity contribution is 0.103. The van der Waals surface area contributed by atoms with Crippen LogP contribution in [-0.4, -0.2) is 20.3 Å². The van der Waals surface area contributed by atoms with Gasteiger partial charge in [-0.2, -0.15) is 0 Å². The molecule has 2 heterocycles. The van der Waals surface area contributed by atoms with E-state index >= 15 is 0 Å². The van der Waals surface area contributed by atoms with E-state index in [4.69, 9.17) is 0 Å². The topological polar surface area (TPSA) is 47.8 Å². The minimum absolute atomic E-state index is 0.00176. The van der Waals surface area contributed by atoms with Crippen molar-refractivity contribution in [3.63, 3.8) is 0 Å². The van der Waals surface area contributed by atoms with Gasteiger partial charge in [0.2, 0.25) is 5.78 Å². The van der Waals surface area contributed by atoms with Crippen LogP contribution in [0.5, 0.6) is 0 Å². The molecule has 0 radical (unpaired) electrons. The van der Waals surface area contributed by atoms with E-state index in [2.05, 4.69) is 9.97 Å². The van der Waals surface area contributed by atoms with Crippen molar-refractivity contribution < 1.29 is 4.79 Å². The van der Waals surface area contributed by atoms with Crippen LogP contribution in [0.2, 0.25) is 0 Å². The van der Waals surface area contributed by atoms with Crippen molar-refractivity contribution in [2.45, 2.75) is 13.8 Å². The molecule has 0 atom stereocenters. The molecule has 0 amide bonds. The Hall–Kier alpha value is -1.49. The smallest absolute Gasteiger partial charge is 0.222 e. The van der Waals surface area contributed by atoms with Crippen LogP contribution in [0.15, 0.2) is 12.5 Å². The first-order valence-electron chi connectivity index (χ1n) is 4.54. The molecule has 0 aromatic carbocycles. The van der Waals surface area contributed by atoms with Gasteiger partial charge in [0, 0.05) is 7.05 Å². The summed E-state index contributed by atoms with van der Waals surface area (Å²) in [5, 5.41) is 0.915. The largest absolute Gasteiger partial charge is 0.331 e. The number of nitrogens with zero attached hydrogens (tertiary/aromatic N) is 3. The zero-order valence-electron chi connectivity index (χ0n) is 8.81. The van der Waals surface area contributed by atoms with Crippen molar-refractivity contribution >= 4 is 17.1 Å². The molecule has 0 aliphatic carbocycles. The van der Waals surface area contributed by atoms with Gasteiger partial charge < -0.3 is 4.57 Å². The first-order valence-corrected chi connectivity index (χ1v) is 5.36. The molecular formula is C10H11N3OS. The third kappa shape index (κ3) is 1.70. The molecule has 0 aliphatic heterocycles. The Kier molecular flexibility index (Phi) is 2.40. The lowest BCUT2D eigenvalue weighted by atomic mass is 10.2. The molecule has 0 spiro atoms. The summed E-state index contributed by atoms with van der Waals surface area (Å²) in [6.45, 7) is 3.75. The number of carbonyl (C=O) groups is 1. The van der Waals surface area contributed by atoms with Gasteiger partial charge in [-0.1, -0.05) is 0 Å². The number of imidazole rings is 1. The van der Waals surface area contributed by atoms with Gasteiger partial charge >= 0.3 is 0 Å². The number of hydrogen-bond acceptors (Lipinski definition) is 4. The van der Waals surface area contributed by atoms with Crippen molar-refractivity contribution in [3.05, 3.63) is 33.8 Å². The number of thiazole rings is 1. The van der Waals surface area contributed by atoms with Crippen molar-refractivity contribution in [2.75, 3.05) is 0 Å². The lowest BCUT2D eigenvalue weighted by Crippen LogP contribution is -2.06. The Labute approximate surface area is 91.6 Å². The summed E-state index contributed by atoms with van der Waals surface area (Å²) in [4.78, 5) is 20.9. The maximum atomic E-state index is 12.1. The maximum Gasteiger partial charge on any atom is 0.222 e. The summed E-state index contributed by atoms with van der Waals surface area (Å²) >= 11 is 1.43. The third-order valence-corrected chi connectivity index (χ3v) is 3.23. The molecule has 0 bridgehead atoms. The molecule has 0 unspecified atom stereocenters. The summed E-state index contributed by atoms with van der Waals surface area (Å²) in [7, 11) is 1.81. The molecule has 2 aromatic heterocycles. The highest BCUT2D eigenvalue weighted by Gasteiger charge is 2.18. The standard InChI is InChI=1S/C10H11N3OS/c1-6-10(15-7(2)12-6)9(14)8-4-11-5-13(8)3/h4-5H,1-3H3. The molecule has 0 saturated carbocycles. The van der Waals surface area contributed by atoms with Crippen LogP contribution in [0, 0.1) is 13.8 Å². The van der Waals surface area contributed by atoms with E-state index in [0.29, 0.717) is 10.6 Å². The van der Waals surface area contributed by atoms with E-state index in [9.17, 15) is 4.79 Å². The van der Waals surface area contributed by atoms with Crippen molar-refractivity contribution in [1.82, 2.24) is 14.5 Å². The SMILES string of the molecule is Cc1nc(C)c(C(=O)c2cncn2C)s1. The molecule has 2 rings (SSSR count). The van der Waals surface area contributed by atoms with E-state index < -0.39 is 0 Å². The van der Waals surface area contributed by atoms with Gasteiger partial charge in [0.25, 0.3) is 0 Å². The second-order valence-electron chi connectivity index (χ2n) is 3.37. The van der Waals surface area contributed by atoms with Gasteiger partial charge in [-0.15, -0.1) is 11.3 Å². The minimum Gasteiger partial charge on any atom is -0.331 e. The Balaban J connectivity index is 2.45. The number of aryl methyl sites for hydroxylation is 3. The van der Waals surface area contributed by atoms with E-state index in [1.165, 1.54) is 11.3 Å². The first kappa shape index (κ1) is 10.0. The normalized spacial score (nSPS) is 10.6. The van der Waals surface area contributed by atoms with Crippen LogP contribution >= 0.6 is 11.3 Å². The Morgan fingerprint density at radius 3 is 2.67 bits per heavy atom. The molecule has 78 valence electrons. The van der Waals surface area contributed by atoms with Crippen LogP contribution in [0.3, 0.4) is 0 Å². The number of hydrogen-bond donors (Lipinski definition) is 0. The quantitative estimate of drug-likeness (QED) is 0.725. The third-order valence-electron chi connectivity index (χ3n) is 2.16. The van der Waals surface area contributed by atoms with Crippen LogP contribution < -0.4 is 0 Å². The maximum absolute atomic E-state index is 12.1. The fourth-order valence-electron chi connectivity index (χ4n) is 1.43.